The molecule has 0 bridgehead atoms. The summed E-state index contributed by atoms with van der Waals surface area (Å²) in [6, 6.07) is 11.2. The highest BCUT2D eigenvalue weighted by atomic mass is 79.9. The first-order chi connectivity index (χ1) is 10.1. The van der Waals surface area contributed by atoms with Gasteiger partial charge in [0, 0.05) is 4.47 Å². The van der Waals surface area contributed by atoms with Crippen molar-refractivity contribution in [2.24, 2.45) is 0 Å². The van der Waals surface area contributed by atoms with Crippen molar-refractivity contribution < 1.29 is 14.6 Å². The molecular formula is C15H11BrN2O3. The molecule has 21 heavy (non-hydrogen) atoms. The van der Waals surface area contributed by atoms with Crippen LogP contribution in [-0.4, -0.2) is 28.4 Å². The van der Waals surface area contributed by atoms with Crippen LogP contribution in [0.1, 0.15) is 10.5 Å². The van der Waals surface area contributed by atoms with Crippen LogP contribution in [0.15, 0.2) is 40.9 Å². The van der Waals surface area contributed by atoms with Gasteiger partial charge < -0.3 is 9.84 Å². The molecule has 0 unspecified atom stereocenters. The second kappa shape index (κ2) is 5.21. The maximum Gasteiger partial charge on any atom is 0.353 e. The van der Waals surface area contributed by atoms with E-state index in [1.165, 1.54) is 6.07 Å². The minimum Gasteiger partial charge on any atom is -0.496 e. The molecule has 1 aromatic heterocycles. The molecule has 2 aromatic carbocycles. The third-order valence-electron chi connectivity index (χ3n) is 3.23. The first-order valence-corrected chi connectivity index (χ1v) is 6.95. The molecule has 2 N–H and O–H groups in total. The number of nitrogens with zero attached hydrogens (tertiary/aromatic N) is 1. The van der Waals surface area contributed by atoms with E-state index in [0.29, 0.717) is 11.4 Å². The highest BCUT2D eigenvalue weighted by Gasteiger charge is 2.16. The topological polar surface area (TPSA) is 75.2 Å². The molecule has 5 nitrogen and oxygen atoms in total. The van der Waals surface area contributed by atoms with Crippen LogP contribution in [0.2, 0.25) is 0 Å². The Kier molecular flexibility index (Phi) is 3.39. The van der Waals surface area contributed by atoms with Crippen LogP contribution >= 0.6 is 15.9 Å². The number of nitrogens with one attached hydrogen (secondary N) is 1. The standard InChI is InChI=1S/C15H11BrN2O3/c1-21-13-5-2-8-6-9(16)3-4-10(8)14(13)11-7-12(15(19)20)18-17-11/h2-7H,1H3,(H,17,18)(H,19,20). The van der Waals surface area contributed by atoms with Crippen LogP contribution in [-0.2, 0) is 0 Å². The average molecular weight is 347 g/mol. The van der Waals surface area contributed by atoms with Crippen molar-refractivity contribution in [1.29, 1.82) is 0 Å². The van der Waals surface area contributed by atoms with Crippen LogP contribution in [0.4, 0.5) is 0 Å². The Morgan fingerprint density at radius 1 is 1.29 bits per heavy atom. The van der Waals surface area contributed by atoms with Crippen molar-refractivity contribution in [3.63, 3.8) is 0 Å². The lowest BCUT2D eigenvalue weighted by Gasteiger charge is -2.10. The lowest BCUT2D eigenvalue weighted by Crippen LogP contribution is -1.95. The number of rotatable bonds is 3. The smallest absolute Gasteiger partial charge is 0.353 e. The summed E-state index contributed by atoms with van der Waals surface area (Å²) in [4.78, 5) is 11.0. The van der Waals surface area contributed by atoms with Gasteiger partial charge in [0.05, 0.1) is 18.4 Å². The summed E-state index contributed by atoms with van der Waals surface area (Å²) in [7, 11) is 1.58. The minimum absolute atomic E-state index is 0.0427. The van der Waals surface area contributed by atoms with Gasteiger partial charge in [0.1, 0.15) is 11.4 Å². The maximum absolute atomic E-state index is 11.0. The second-order valence-electron chi connectivity index (χ2n) is 4.48. The number of H-pyrrole nitrogens is 1. The quantitative estimate of drug-likeness (QED) is 0.758. The zero-order valence-corrected chi connectivity index (χ0v) is 12.6. The number of methoxy groups -OCH3 is 1. The van der Waals surface area contributed by atoms with E-state index in [0.717, 1.165) is 20.8 Å². The molecule has 0 radical (unpaired) electrons. The molecule has 3 rings (SSSR count). The van der Waals surface area contributed by atoms with E-state index in [4.69, 9.17) is 9.84 Å². The number of carboxylic acids is 1. The molecule has 0 saturated heterocycles. The monoisotopic (exact) mass is 346 g/mol. The van der Waals surface area contributed by atoms with Gasteiger partial charge in [-0.3, -0.25) is 5.10 Å². The van der Waals surface area contributed by atoms with Gasteiger partial charge in [0.25, 0.3) is 0 Å². The van der Waals surface area contributed by atoms with Crippen molar-refractivity contribution in [3.8, 4) is 17.0 Å². The fourth-order valence-corrected chi connectivity index (χ4v) is 2.65. The van der Waals surface area contributed by atoms with E-state index < -0.39 is 5.97 Å². The van der Waals surface area contributed by atoms with Gasteiger partial charge in [-0.05, 0) is 35.0 Å². The number of fused-ring (bicyclic) bond motifs is 1. The molecular weight excluding hydrogens is 336 g/mol. The third-order valence-corrected chi connectivity index (χ3v) is 3.72. The number of hydrogen-bond donors (Lipinski definition) is 2. The summed E-state index contributed by atoms with van der Waals surface area (Å²) in [6.45, 7) is 0. The Morgan fingerprint density at radius 2 is 2.10 bits per heavy atom. The van der Waals surface area contributed by atoms with Gasteiger partial charge in [-0.1, -0.05) is 28.1 Å². The van der Waals surface area contributed by atoms with Crippen LogP contribution < -0.4 is 4.74 Å². The van der Waals surface area contributed by atoms with Crippen molar-refractivity contribution >= 4 is 32.7 Å². The lowest BCUT2D eigenvalue weighted by atomic mass is 10.0. The predicted octanol–water partition coefficient (Wildman–Crippen LogP) is 3.70. The fourth-order valence-electron chi connectivity index (χ4n) is 2.27. The average Bonchev–Trinajstić information content (AvgIpc) is 2.95. The molecule has 3 aromatic rings. The minimum atomic E-state index is -1.05. The van der Waals surface area contributed by atoms with E-state index in [1.54, 1.807) is 7.11 Å². The van der Waals surface area contributed by atoms with E-state index in [-0.39, 0.29) is 5.69 Å². The SMILES string of the molecule is COc1ccc2cc(Br)ccc2c1-c1cc(C(=O)O)[nH]n1. The van der Waals surface area contributed by atoms with Crippen molar-refractivity contribution in [3.05, 3.63) is 46.6 Å². The third kappa shape index (κ3) is 2.38. The summed E-state index contributed by atoms with van der Waals surface area (Å²) >= 11 is 3.44. The molecule has 0 amide bonds. The van der Waals surface area contributed by atoms with Gasteiger partial charge in [0.2, 0.25) is 0 Å². The highest BCUT2D eigenvalue weighted by Crippen LogP contribution is 2.37. The molecule has 6 heteroatoms. The summed E-state index contributed by atoms with van der Waals surface area (Å²) in [5.41, 5.74) is 1.35. The van der Waals surface area contributed by atoms with Gasteiger partial charge in [-0.15, -0.1) is 0 Å². The molecule has 0 spiro atoms. The lowest BCUT2D eigenvalue weighted by molar-refractivity contribution is 0.0690. The zero-order valence-electron chi connectivity index (χ0n) is 11.1. The molecule has 1 heterocycles. The Labute approximate surface area is 128 Å². The Balaban J connectivity index is 2.29. The van der Waals surface area contributed by atoms with E-state index in [2.05, 4.69) is 26.1 Å². The molecule has 0 atom stereocenters. The Morgan fingerprint density at radius 3 is 2.76 bits per heavy atom. The normalized spacial score (nSPS) is 10.8. The molecule has 106 valence electrons. The number of ether oxygens (including phenoxy) is 1. The van der Waals surface area contributed by atoms with Crippen molar-refractivity contribution in [2.75, 3.05) is 7.11 Å². The van der Waals surface area contributed by atoms with Crippen LogP contribution in [0.25, 0.3) is 22.0 Å². The van der Waals surface area contributed by atoms with Crippen molar-refractivity contribution in [1.82, 2.24) is 10.2 Å². The molecule has 0 saturated carbocycles. The number of aromatic amines is 1. The summed E-state index contributed by atoms with van der Waals surface area (Å²) < 4.78 is 6.37. The summed E-state index contributed by atoms with van der Waals surface area (Å²) in [5, 5.41) is 17.6. The number of carbonyl (C=O) groups is 1. The van der Waals surface area contributed by atoms with Gasteiger partial charge in [-0.2, -0.15) is 5.10 Å². The van der Waals surface area contributed by atoms with E-state index in [9.17, 15) is 4.79 Å². The maximum atomic E-state index is 11.0. The number of halogens is 1. The number of hydrogen-bond acceptors (Lipinski definition) is 3. The van der Waals surface area contributed by atoms with E-state index in [1.807, 2.05) is 30.3 Å². The molecule has 0 aliphatic rings. The Hall–Kier alpha value is -2.34. The molecule has 0 aliphatic heterocycles. The molecule has 0 aliphatic carbocycles. The summed E-state index contributed by atoms with van der Waals surface area (Å²) in [5.74, 6) is -0.399. The first-order valence-electron chi connectivity index (χ1n) is 6.15. The van der Waals surface area contributed by atoms with Gasteiger partial charge >= 0.3 is 5.97 Å². The highest BCUT2D eigenvalue weighted by molar-refractivity contribution is 9.10. The zero-order chi connectivity index (χ0) is 15.0. The second-order valence-corrected chi connectivity index (χ2v) is 5.40. The number of aromatic nitrogens is 2. The largest absolute Gasteiger partial charge is 0.496 e. The van der Waals surface area contributed by atoms with Crippen LogP contribution in [0.3, 0.4) is 0 Å². The first kappa shape index (κ1) is 13.6. The van der Waals surface area contributed by atoms with E-state index >= 15 is 0 Å². The van der Waals surface area contributed by atoms with Crippen molar-refractivity contribution in [2.45, 2.75) is 0 Å². The van der Waals surface area contributed by atoms with Gasteiger partial charge in [0.15, 0.2) is 0 Å². The number of aromatic carboxylic acids is 1. The summed E-state index contributed by atoms with van der Waals surface area (Å²) in [6.07, 6.45) is 0. The number of carboxylic acid groups (broad SMARTS) is 1. The Bertz CT molecular complexity index is 842. The van der Waals surface area contributed by atoms with Gasteiger partial charge in [-0.25, -0.2) is 4.79 Å². The number of benzene rings is 2. The van der Waals surface area contributed by atoms with Crippen LogP contribution in [0.5, 0.6) is 5.75 Å². The van der Waals surface area contributed by atoms with Crippen LogP contribution in [0, 0.1) is 0 Å². The molecule has 0 fully saturated rings. The predicted molar refractivity (Wildman–Crippen MR) is 82.7 cm³/mol. The fraction of sp³-hybridized carbons (Fsp3) is 0.0667.